The Kier molecular flexibility index (Phi) is 5.51. The number of ether oxygens (including phenoxy) is 2. The molecular weight excluding hydrogens is 140 g/mol. The van der Waals surface area contributed by atoms with Crippen LogP contribution in [0.1, 0.15) is 27.2 Å². The fraction of sp³-hybridized carbons (Fsp3) is 1.00. The second-order valence-corrected chi connectivity index (χ2v) is 3.30. The summed E-state index contributed by atoms with van der Waals surface area (Å²) in [6, 6.07) is 0. The van der Waals surface area contributed by atoms with Crippen LogP contribution in [0.25, 0.3) is 0 Å². The Morgan fingerprint density at radius 2 is 1.55 bits per heavy atom. The molecule has 0 radical (unpaired) electrons. The maximum atomic E-state index is 5.30. The average Bonchev–Trinajstić information content (AvgIpc) is 1.99. The summed E-state index contributed by atoms with van der Waals surface area (Å²) in [5.74, 6) is 0.567. The molecule has 0 saturated heterocycles. The van der Waals surface area contributed by atoms with Crippen LogP contribution in [0.15, 0.2) is 0 Å². The van der Waals surface area contributed by atoms with Crippen LogP contribution in [-0.4, -0.2) is 26.4 Å². The molecule has 0 aliphatic carbocycles. The third-order valence-corrected chi connectivity index (χ3v) is 2.01. The Bertz CT molecular complexity index is 91.6. The molecule has 0 fully saturated rings. The molecule has 0 amide bonds. The Labute approximate surface area is 69.9 Å². The second-order valence-electron chi connectivity index (χ2n) is 3.30. The van der Waals surface area contributed by atoms with E-state index < -0.39 is 0 Å². The van der Waals surface area contributed by atoms with E-state index >= 15 is 0 Å². The first-order valence-electron chi connectivity index (χ1n) is 4.17. The van der Waals surface area contributed by atoms with Gasteiger partial charge < -0.3 is 9.47 Å². The summed E-state index contributed by atoms with van der Waals surface area (Å²) < 4.78 is 10.5. The normalized spacial score (nSPS) is 16.9. The summed E-state index contributed by atoms with van der Waals surface area (Å²) in [5.41, 5.74) is 0. The van der Waals surface area contributed by atoms with Gasteiger partial charge in [0, 0.05) is 14.2 Å². The smallest absolute Gasteiger partial charge is 0.0618 e. The number of hydrogen-bond acceptors (Lipinski definition) is 2. The number of hydrogen-bond donors (Lipinski definition) is 0. The van der Waals surface area contributed by atoms with Crippen LogP contribution in [-0.2, 0) is 9.47 Å². The van der Waals surface area contributed by atoms with Crippen molar-refractivity contribution in [3.05, 3.63) is 0 Å². The van der Waals surface area contributed by atoms with E-state index in [1.54, 1.807) is 14.2 Å². The molecular formula is C9H20O2. The van der Waals surface area contributed by atoms with Crippen LogP contribution in [0.2, 0.25) is 0 Å². The van der Waals surface area contributed by atoms with Gasteiger partial charge in [-0.2, -0.15) is 0 Å². The second kappa shape index (κ2) is 5.56. The Balaban J connectivity index is 3.68. The molecule has 0 aromatic carbocycles. The maximum absolute atomic E-state index is 5.30. The van der Waals surface area contributed by atoms with Gasteiger partial charge in [0.15, 0.2) is 0 Å². The molecule has 0 saturated carbocycles. The van der Waals surface area contributed by atoms with E-state index in [1.807, 2.05) is 0 Å². The van der Waals surface area contributed by atoms with Crippen LogP contribution < -0.4 is 0 Å². The van der Waals surface area contributed by atoms with E-state index in [0.717, 1.165) is 6.42 Å². The molecule has 0 aliphatic rings. The molecule has 0 rings (SSSR count). The SMILES string of the molecule is COC(C)CC(OC)C(C)C. The summed E-state index contributed by atoms with van der Waals surface area (Å²) >= 11 is 0. The lowest BCUT2D eigenvalue weighted by atomic mass is 10.0. The highest BCUT2D eigenvalue weighted by atomic mass is 16.5. The van der Waals surface area contributed by atoms with Gasteiger partial charge in [-0.25, -0.2) is 0 Å². The van der Waals surface area contributed by atoms with Crippen LogP contribution in [0, 0.1) is 5.92 Å². The van der Waals surface area contributed by atoms with Crippen molar-refractivity contribution in [2.75, 3.05) is 14.2 Å². The van der Waals surface area contributed by atoms with Crippen molar-refractivity contribution in [2.24, 2.45) is 5.92 Å². The predicted octanol–water partition coefficient (Wildman–Crippen LogP) is 2.08. The van der Waals surface area contributed by atoms with E-state index in [0.29, 0.717) is 18.1 Å². The summed E-state index contributed by atoms with van der Waals surface area (Å²) in [5, 5.41) is 0. The minimum atomic E-state index is 0.294. The van der Waals surface area contributed by atoms with Crippen molar-refractivity contribution < 1.29 is 9.47 Å². The number of methoxy groups -OCH3 is 2. The average molecular weight is 160 g/mol. The van der Waals surface area contributed by atoms with Gasteiger partial charge in [0.1, 0.15) is 0 Å². The first-order chi connectivity index (χ1) is 5.11. The highest BCUT2D eigenvalue weighted by molar-refractivity contribution is 4.65. The molecule has 0 spiro atoms. The predicted molar refractivity (Wildman–Crippen MR) is 46.7 cm³/mol. The first-order valence-corrected chi connectivity index (χ1v) is 4.17. The largest absolute Gasteiger partial charge is 0.382 e. The fourth-order valence-corrected chi connectivity index (χ4v) is 1.06. The third kappa shape index (κ3) is 4.38. The minimum absolute atomic E-state index is 0.294. The first kappa shape index (κ1) is 10.9. The molecule has 0 aliphatic heterocycles. The summed E-state index contributed by atoms with van der Waals surface area (Å²) in [6.07, 6.45) is 1.59. The Hall–Kier alpha value is -0.0800. The van der Waals surface area contributed by atoms with Gasteiger partial charge in [-0.1, -0.05) is 13.8 Å². The quantitative estimate of drug-likeness (QED) is 0.613. The van der Waals surface area contributed by atoms with Gasteiger partial charge in [0.25, 0.3) is 0 Å². The van der Waals surface area contributed by atoms with E-state index in [2.05, 4.69) is 20.8 Å². The molecule has 11 heavy (non-hydrogen) atoms. The van der Waals surface area contributed by atoms with Crippen molar-refractivity contribution in [2.45, 2.75) is 39.4 Å². The molecule has 0 aromatic heterocycles. The standard InChI is InChI=1S/C9H20O2/c1-7(2)9(11-5)6-8(3)10-4/h7-9H,6H2,1-5H3. The van der Waals surface area contributed by atoms with Crippen LogP contribution in [0.4, 0.5) is 0 Å². The lowest BCUT2D eigenvalue weighted by Gasteiger charge is -2.21. The number of rotatable bonds is 5. The highest BCUT2D eigenvalue weighted by Crippen LogP contribution is 2.13. The molecule has 2 nitrogen and oxygen atoms in total. The van der Waals surface area contributed by atoms with E-state index in [-0.39, 0.29) is 0 Å². The van der Waals surface area contributed by atoms with E-state index in [4.69, 9.17) is 9.47 Å². The fourth-order valence-electron chi connectivity index (χ4n) is 1.06. The summed E-state index contributed by atoms with van der Waals surface area (Å²) in [6.45, 7) is 6.39. The zero-order valence-electron chi connectivity index (χ0n) is 8.26. The lowest BCUT2D eigenvalue weighted by molar-refractivity contribution is 0.00790. The van der Waals surface area contributed by atoms with E-state index in [1.165, 1.54) is 0 Å². The zero-order chi connectivity index (χ0) is 8.85. The summed E-state index contributed by atoms with van der Waals surface area (Å²) in [7, 11) is 3.49. The van der Waals surface area contributed by atoms with Crippen LogP contribution in [0.3, 0.4) is 0 Å². The molecule has 2 unspecified atom stereocenters. The van der Waals surface area contributed by atoms with Gasteiger partial charge in [-0.05, 0) is 19.3 Å². The highest BCUT2D eigenvalue weighted by Gasteiger charge is 2.15. The van der Waals surface area contributed by atoms with Gasteiger partial charge in [-0.3, -0.25) is 0 Å². The molecule has 2 atom stereocenters. The molecule has 0 bridgehead atoms. The summed E-state index contributed by atoms with van der Waals surface area (Å²) in [4.78, 5) is 0. The Morgan fingerprint density at radius 1 is 1.00 bits per heavy atom. The monoisotopic (exact) mass is 160 g/mol. The van der Waals surface area contributed by atoms with Crippen molar-refractivity contribution in [3.8, 4) is 0 Å². The van der Waals surface area contributed by atoms with Crippen molar-refractivity contribution in [3.63, 3.8) is 0 Å². The van der Waals surface area contributed by atoms with Crippen LogP contribution >= 0.6 is 0 Å². The molecule has 0 heterocycles. The van der Waals surface area contributed by atoms with Crippen molar-refractivity contribution >= 4 is 0 Å². The van der Waals surface area contributed by atoms with Crippen molar-refractivity contribution in [1.29, 1.82) is 0 Å². The van der Waals surface area contributed by atoms with E-state index in [9.17, 15) is 0 Å². The lowest BCUT2D eigenvalue weighted by Crippen LogP contribution is -2.23. The molecule has 0 N–H and O–H groups in total. The topological polar surface area (TPSA) is 18.5 Å². The van der Waals surface area contributed by atoms with Gasteiger partial charge in [-0.15, -0.1) is 0 Å². The molecule has 0 aromatic rings. The van der Waals surface area contributed by atoms with Crippen molar-refractivity contribution in [1.82, 2.24) is 0 Å². The molecule has 68 valence electrons. The minimum Gasteiger partial charge on any atom is -0.382 e. The Morgan fingerprint density at radius 3 is 1.82 bits per heavy atom. The van der Waals surface area contributed by atoms with Gasteiger partial charge >= 0.3 is 0 Å². The third-order valence-electron chi connectivity index (χ3n) is 2.01. The maximum Gasteiger partial charge on any atom is 0.0618 e. The van der Waals surface area contributed by atoms with Gasteiger partial charge in [0.2, 0.25) is 0 Å². The molecule has 2 heteroatoms. The zero-order valence-corrected chi connectivity index (χ0v) is 8.26. The van der Waals surface area contributed by atoms with Crippen LogP contribution in [0.5, 0.6) is 0 Å². The van der Waals surface area contributed by atoms with Gasteiger partial charge in [0.05, 0.1) is 12.2 Å².